The second-order valence-electron chi connectivity index (χ2n) is 8.22. The highest BCUT2D eigenvalue weighted by Crippen LogP contribution is 2.33. The number of hydrogen-bond acceptors (Lipinski definition) is 7. The lowest BCUT2D eigenvalue weighted by atomic mass is 10.0. The van der Waals surface area contributed by atoms with Crippen LogP contribution in [-0.4, -0.2) is 34.8 Å². The Morgan fingerprint density at radius 1 is 0.861 bits per heavy atom. The van der Waals surface area contributed by atoms with Crippen molar-refractivity contribution in [3.8, 4) is 5.69 Å². The third kappa shape index (κ3) is 4.39. The summed E-state index contributed by atoms with van der Waals surface area (Å²) in [6, 6.07) is 20.4. The number of hydrogen-bond donors (Lipinski definition) is 1. The van der Waals surface area contributed by atoms with Gasteiger partial charge in [-0.3, -0.25) is 19.7 Å². The molecule has 3 aromatic carbocycles. The van der Waals surface area contributed by atoms with Crippen LogP contribution in [0, 0.1) is 10.1 Å². The van der Waals surface area contributed by atoms with Gasteiger partial charge in [-0.1, -0.05) is 42.5 Å². The predicted molar refractivity (Wildman–Crippen MR) is 131 cm³/mol. The van der Waals surface area contributed by atoms with Crippen molar-refractivity contribution in [3.05, 3.63) is 117 Å². The second kappa shape index (κ2) is 8.86. The number of sulfone groups is 1. The van der Waals surface area contributed by atoms with Crippen LogP contribution in [-0.2, 0) is 21.3 Å². The predicted octanol–water partition coefficient (Wildman–Crippen LogP) is 3.69. The Labute approximate surface area is 205 Å². The molecule has 1 aliphatic heterocycles. The number of nitro groups is 1. The van der Waals surface area contributed by atoms with Crippen LogP contribution in [0.5, 0.6) is 0 Å². The summed E-state index contributed by atoms with van der Waals surface area (Å²) < 4.78 is 25.7. The molecule has 36 heavy (non-hydrogen) atoms. The van der Waals surface area contributed by atoms with Gasteiger partial charge in [0.25, 0.3) is 11.6 Å². The van der Waals surface area contributed by atoms with Gasteiger partial charge in [0.1, 0.15) is 5.82 Å². The number of benzene rings is 3. The van der Waals surface area contributed by atoms with Gasteiger partial charge in [-0.25, -0.2) is 13.1 Å². The van der Waals surface area contributed by atoms with Crippen LogP contribution in [0.15, 0.2) is 78.9 Å². The van der Waals surface area contributed by atoms with Gasteiger partial charge >= 0.3 is 0 Å². The molecule has 0 unspecified atom stereocenters. The summed E-state index contributed by atoms with van der Waals surface area (Å²) in [6.45, 7) is 0. The highest BCUT2D eigenvalue weighted by Gasteiger charge is 2.33. The first kappa shape index (κ1) is 23.1. The molecular formula is C25H18N4O6S. The van der Waals surface area contributed by atoms with Crippen LogP contribution in [0.25, 0.3) is 5.69 Å². The summed E-state index contributed by atoms with van der Waals surface area (Å²) in [5.41, 5.74) is 2.19. The summed E-state index contributed by atoms with van der Waals surface area (Å²) in [5.74, 6) is -1.07. The van der Waals surface area contributed by atoms with Gasteiger partial charge in [0.15, 0.2) is 15.6 Å². The van der Waals surface area contributed by atoms with E-state index in [1.54, 1.807) is 36.4 Å². The Balaban J connectivity index is 1.45. The fraction of sp³-hybridized carbons (Fsp3) is 0.0800. The summed E-state index contributed by atoms with van der Waals surface area (Å²) >= 11 is 0. The molecule has 180 valence electrons. The standard InChI is InChI=1S/C25H18N4O6S/c30-23(16-4-2-1-3-5-16)17-6-8-18(9-7-17)25(31)26-24-21-14-36(34,35)15-22(21)27-28(24)19-10-12-20(13-11-19)29(32)33/h1-13H,14-15H2,(H,26,31). The number of nitrogens with one attached hydrogen (secondary N) is 1. The third-order valence-electron chi connectivity index (χ3n) is 5.77. The maximum absolute atomic E-state index is 13.1. The number of non-ortho nitro benzene ring substituents is 1. The zero-order valence-electron chi connectivity index (χ0n) is 18.6. The van der Waals surface area contributed by atoms with E-state index >= 15 is 0 Å². The van der Waals surface area contributed by atoms with Gasteiger partial charge in [-0.05, 0) is 24.3 Å². The molecule has 1 N–H and O–H groups in total. The van der Waals surface area contributed by atoms with E-state index in [0.29, 0.717) is 28.1 Å². The Bertz CT molecular complexity index is 1610. The molecule has 5 rings (SSSR count). The maximum atomic E-state index is 13.1. The van der Waals surface area contributed by atoms with E-state index in [1.165, 1.54) is 41.1 Å². The summed E-state index contributed by atoms with van der Waals surface area (Å²) in [4.78, 5) is 36.2. The number of nitro benzene ring substituents is 1. The van der Waals surface area contributed by atoms with Crippen LogP contribution in [0.1, 0.15) is 37.5 Å². The molecule has 1 amide bonds. The third-order valence-corrected chi connectivity index (χ3v) is 7.21. The van der Waals surface area contributed by atoms with Gasteiger partial charge in [0, 0.05) is 34.4 Å². The summed E-state index contributed by atoms with van der Waals surface area (Å²) in [7, 11) is -3.40. The number of carbonyl (C=O) groups is 2. The lowest BCUT2D eigenvalue weighted by Gasteiger charge is -2.11. The first-order chi connectivity index (χ1) is 17.2. The van der Waals surface area contributed by atoms with E-state index in [4.69, 9.17) is 0 Å². The minimum absolute atomic E-state index is 0.114. The molecular weight excluding hydrogens is 484 g/mol. The van der Waals surface area contributed by atoms with E-state index in [-0.39, 0.29) is 34.4 Å². The van der Waals surface area contributed by atoms with Crippen molar-refractivity contribution < 1.29 is 22.9 Å². The van der Waals surface area contributed by atoms with Crippen LogP contribution < -0.4 is 5.32 Å². The van der Waals surface area contributed by atoms with Crippen molar-refractivity contribution in [1.29, 1.82) is 0 Å². The number of ketones is 1. The Kier molecular flexibility index (Phi) is 5.69. The molecule has 1 aliphatic rings. The molecule has 11 heteroatoms. The SMILES string of the molecule is O=C(Nc1c2c(nn1-c1ccc([N+](=O)[O-])cc1)CS(=O)(=O)C2)c1ccc(C(=O)c2ccccc2)cc1. The van der Waals surface area contributed by atoms with Crippen molar-refractivity contribution in [3.63, 3.8) is 0 Å². The molecule has 0 atom stereocenters. The minimum Gasteiger partial charge on any atom is -0.306 e. The Morgan fingerprint density at radius 3 is 2.11 bits per heavy atom. The zero-order chi connectivity index (χ0) is 25.4. The number of aromatic nitrogens is 2. The fourth-order valence-corrected chi connectivity index (χ4v) is 5.48. The molecule has 0 saturated heterocycles. The highest BCUT2D eigenvalue weighted by molar-refractivity contribution is 7.90. The van der Waals surface area contributed by atoms with Crippen molar-refractivity contribution in [2.75, 3.05) is 5.32 Å². The number of fused-ring (bicyclic) bond motifs is 1. The fourth-order valence-electron chi connectivity index (χ4n) is 3.98. The molecule has 1 aromatic heterocycles. The zero-order valence-corrected chi connectivity index (χ0v) is 19.4. The topological polar surface area (TPSA) is 141 Å². The van der Waals surface area contributed by atoms with Crippen LogP contribution in [0.3, 0.4) is 0 Å². The van der Waals surface area contributed by atoms with Crippen molar-refractivity contribution in [2.24, 2.45) is 0 Å². The lowest BCUT2D eigenvalue weighted by molar-refractivity contribution is -0.384. The Morgan fingerprint density at radius 2 is 1.47 bits per heavy atom. The Hall–Kier alpha value is -4.64. The van der Waals surface area contributed by atoms with Gasteiger partial charge in [-0.15, -0.1) is 0 Å². The molecule has 0 fully saturated rings. The molecule has 10 nitrogen and oxygen atoms in total. The number of nitrogens with zero attached hydrogens (tertiary/aromatic N) is 3. The van der Waals surface area contributed by atoms with Crippen molar-refractivity contribution >= 4 is 33.0 Å². The smallest absolute Gasteiger partial charge is 0.269 e. The molecule has 0 aliphatic carbocycles. The first-order valence-electron chi connectivity index (χ1n) is 10.8. The van der Waals surface area contributed by atoms with Gasteiger partial charge in [0.05, 0.1) is 27.8 Å². The monoisotopic (exact) mass is 502 g/mol. The summed E-state index contributed by atoms with van der Waals surface area (Å²) in [5, 5.41) is 18.1. The lowest BCUT2D eigenvalue weighted by Crippen LogP contribution is -2.17. The normalized spacial score (nSPS) is 13.7. The number of amides is 1. The van der Waals surface area contributed by atoms with Crippen LogP contribution in [0.4, 0.5) is 11.5 Å². The number of rotatable bonds is 6. The maximum Gasteiger partial charge on any atom is 0.269 e. The molecule has 0 bridgehead atoms. The average molecular weight is 503 g/mol. The van der Waals surface area contributed by atoms with E-state index in [1.807, 2.05) is 6.07 Å². The molecule has 0 saturated carbocycles. The van der Waals surface area contributed by atoms with E-state index in [2.05, 4.69) is 10.4 Å². The molecule has 0 radical (unpaired) electrons. The van der Waals surface area contributed by atoms with Gasteiger partial charge in [0.2, 0.25) is 0 Å². The van der Waals surface area contributed by atoms with Crippen molar-refractivity contribution in [2.45, 2.75) is 11.5 Å². The largest absolute Gasteiger partial charge is 0.306 e. The quantitative estimate of drug-likeness (QED) is 0.241. The molecule has 4 aromatic rings. The molecule has 0 spiro atoms. The highest BCUT2D eigenvalue weighted by atomic mass is 32.2. The van der Waals surface area contributed by atoms with Crippen LogP contribution in [0.2, 0.25) is 0 Å². The number of carbonyl (C=O) groups excluding carboxylic acids is 2. The molecule has 2 heterocycles. The van der Waals surface area contributed by atoms with Crippen molar-refractivity contribution in [1.82, 2.24) is 9.78 Å². The number of anilines is 1. The van der Waals surface area contributed by atoms with Gasteiger partial charge in [-0.2, -0.15) is 5.10 Å². The van der Waals surface area contributed by atoms with E-state index in [0.717, 1.165) is 0 Å². The van der Waals surface area contributed by atoms with Crippen LogP contribution >= 0.6 is 0 Å². The average Bonchev–Trinajstić information content (AvgIpc) is 3.36. The van der Waals surface area contributed by atoms with Gasteiger partial charge < -0.3 is 5.32 Å². The summed E-state index contributed by atoms with van der Waals surface area (Å²) in [6.07, 6.45) is 0. The second-order valence-corrected chi connectivity index (χ2v) is 10.3. The minimum atomic E-state index is -3.40. The van der Waals surface area contributed by atoms with E-state index in [9.17, 15) is 28.1 Å². The first-order valence-corrected chi connectivity index (χ1v) is 12.6. The van der Waals surface area contributed by atoms with E-state index < -0.39 is 20.7 Å².